The van der Waals surface area contributed by atoms with E-state index < -0.39 is 0 Å². The summed E-state index contributed by atoms with van der Waals surface area (Å²) in [6.07, 6.45) is 6.32. The lowest BCUT2D eigenvalue weighted by Gasteiger charge is -2.17. The van der Waals surface area contributed by atoms with Gasteiger partial charge in [-0.3, -0.25) is 5.32 Å². The minimum absolute atomic E-state index is 0.114. The van der Waals surface area contributed by atoms with Crippen LogP contribution < -0.4 is 5.32 Å². The molecule has 2 amide bonds. The molecular formula is C14H16BrN5O. The number of carbonyl (C=O) groups is 1. The largest absolute Gasteiger partial charge is 0.338 e. The van der Waals surface area contributed by atoms with Gasteiger partial charge in [0.1, 0.15) is 11.6 Å². The van der Waals surface area contributed by atoms with Gasteiger partial charge in [-0.2, -0.15) is 0 Å². The highest BCUT2D eigenvalue weighted by Crippen LogP contribution is 2.26. The molecule has 7 heteroatoms. The Morgan fingerprint density at radius 1 is 1.43 bits per heavy atom. The molecule has 2 aromatic heterocycles. The number of carbonyl (C=O) groups excluding carboxylic acids is 1. The number of pyridine rings is 1. The average molecular weight is 350 g/mol. The van der Waals surface area contributed by atoms with Gasteiger partial charge >= 0.3 is 6.03 Å². The lowest BCUT2D eigenvalue weighted by Crippen LogP contribution is -2.33. The van der Waals surface area contributed by atoms with Gasteiger partial charge < -0.3 is 9.47 Å². The van der Waals surface area contributed by atoms with E-state index in [1.54, 1.807) is 18.5 Å². The molecule has 21 heavy (non-hydrogen) atoms. The van der Waals surface area contributed by atoms with Crippen LogP contribution in [0.25, 0.3) is 0 Å². The normalized spacial score (nSPS) is 18.0. The van der Waals surface area contributed by atoms with Gasteiger partial charge in [-0.1, -0.05) is 15.9 Å². The number of nitrogens with zero attached hydrogens (tertiary/aromatic N) is 4. The molecule has 1 unspecified atom stereocenters. The molecule has 1 fully saturated rings. The third-order valence-corrected chi connectivity index (χ3v) is 4.15. The van der Waals surface area contributed by atoms with E-state index in [1.165, 1.54) is 0 Å². The van der Waals surface area contributed by atoms with Crippen LogP contribution in [0.3, 0.4) is 0 Å². The summed E-state index contributed by atoms with van der Waals surface area (Å²) in [5.74, 6) is 1.88. The summed E-state index contributed by atoms with van der Waals surface area (Å²) in [7, 11) is 1.98. The van der Waals surface area contributed by atoms with Crippen molar-refractivity contribution < 1.29 is 4.79 Å². The molecule has 0 spiro atoms. The van der Waals surface area contributed by atoms with E-state index in [2.05, 4.69) is 31.2 Å². The third-order valence-electron chi connectivity index (χ3n) is 3.66. The maximum absolute atomic E-state index is 12.3. The first-order valence-corrected chi connectivity index (χ1v) is 7.57. The number of amides is 2. The number of nitrogens with one attached hydrogen (secondary N) is 1. The summed E-state index contributed by atoms with van der Waals surface area (Å²) < 4.78 is 2.90. The van der Waals surface area contributed by atoms with Gasteiger partial charge in [0.25, 0.3) is 0 Å². The van der Waals surface area contributed by atoms with Crippen molar-refractivity contribution in [2.24, 2.45) is 7.05 Å². The zero-order valence-electron chi connectivity index (χ0n) is 11.7. The Labute approximate surface area is 131 Å². The number of halogens is 1. The second kappa shape index (κ2) is 5.85. The summed E-state index contributed by atoms with van der Waals surface area (Å²) in [5.41, 5.74) is 0. The number of urea groups is 1. The Bertz CT molecular complexity index is 656. The van der Waals surface area contributed by atoms with Gasteiger partial charge in [0.15, 0.2) is 0 Å². The van der Waals surface area contributed by atoms with E-state index in [4.69, 9.17) is 0 Å². The maximum Gasteiger partial charge on any atom is 0.323 e. The van der Waals surface area contributed by atoms with Gasteiger partial charge in [-0.15, -0.1) is 0 Å². The molecule has 0 aromatic carbocycles. The number of likely N-dealkylation sites (tertiary alicyclic amines) is 1. The molecule has 6 nitrogen and oxygen atoms in total. The van der Waals surface area contributed by atoms with Crippen molar-refractivity contribution in [2.45, 2.75) is 12.3 Å². The smallest absolute Gasteiger partial charge is 0.323 e. The van der Waals surface area contributed by atoms with Crippen molar-refractivity contribution in [2.75, 3.05) is 18.4 Å². The average Bonchev–Trinajstić information content (AvgIpc) is 3.07. The number of aromatic nitrogens is 3. The number of aryl methyl sites for hydroxylation is 1. The molecule has 3 rings (SSSR count). The van der Waals surface area contributed by atoms with Gasteiger partial charge in [0, 0.05) is 49.1 Å². The summed E-state index contributed by atoms with van der Waals surface area (Å²) in [6, 6.07) is 3.49. The van der Waals surface area contributed by atoms with Crippen LogP contribution >= 0.6 is 15.9 Å². The monoisotopic (exact) mass is 349 g/mol. The maximum atomic E-state index is 12.3. The molecule has 1 saturated heterocycles. The number of rotatable bonds is 2. The van der Waals surface area contributed by atoms with Crippen molar-refractivity contribution in [1.29, 1.82) is 0 Å². The molecule has 0 radical (unpaired) electrons. The van der Waals surface area contributed by atoms with Crippen LogP contribution in [0, 0.1) is 0 Å². The lowest BCUT2D eigenvalue weighted by atomic mass is 10.1. The van der Waals surface area contributed by atoms with Crippen LogP contribution in [0.4, 0.5) is 10.6 Å². The van der Waals surface area contributed by atoms with E-state index in [1.807, 2.05) is 28.8 Å². The van der Waals surface area contributed by atoms with Crippen molar-refractivity contribution in [3.05, 3.63) is 41.0 Å². The summed E-state index contributed by atoms with van der Waals surface area (Å²) in [6.45, 7) is 1.42. The number of hydrogen-bond acceptors (Lipinski definition) is 3. The van der Waals surface area contributed by atoms with Crippen molar-refractivity contribution in [3.63, 3.8) is 0 Å². The Hall–Kier alpha value is -1.89. The first-order chi connectivity index (χ1) is 10.1. The minimum atomic E-state index is -0.114. The van der Waals surface area contributed by atoms with E-state index >= 15 is 0 Å². The topological polar surface area (TPSA) is 63.1 Å². The Morgan fingerprint density at radius 3 is 3.00 bits per heavy atom. The molecule has 1 aliphatic rings. The summed E-state index contributed by atoms with van der Waals surface area (Å²) >= 11 is 3.36. The molecule has 0 bridgehead atoms. The van der Waals surface area contributed by atoms with E-state index in [9.17, 15) is 4.79 Å². The van der Waals surface area contributed by atoms with Crippen molar-refractivity contribution >= 4 is 27.8 Å². The fourth-order valence-electron chi connectivity index (χ4n) is 2.59. The molecule has 0 saturated carbocycles. The highest BCUT2D eigenvalue weighted by atomic mass is 79.9. The summed E-state index contributed by atoms with van der Waals surface area (Å²) in [4.78, 5) is 22.6. The Kier molecular flexibility index (Phi) is 3.92. The second-order valence-electron chi connectivity index (χ2n) is 5.12. The van der Waals surface area contributed by atoms with E-state index in [0.717, 1.165) is 23.3 Å². The molecular weight excluding hydrogens is 334 g/mol. The molecule has 1 N–H and O–H groups in total. The van der Waals surface area contributed by atoms with E-state index in [-0.39, 0.29) is 6.03 Å². The molecule has 1 aliphatic heterocycles. The van der Waals surface area contributed by atoms with Crippen LogP contribution in [0.1, 0.15) is 18.2 Å². The number of imidazole rings is 1. The first-order valence-electron chi connectivity index (χ1n) is 6.78. The van der Waals surface area contributed by atoms with Gasteiger partial charge in [0.2, 0.25) is 0 Å². The van der Waals surface area contributed by atoms with Crippen molar-refractivity contribution in [1.82, 2.24) is 19.4 Å². The zero-order valence-corrected chi connectivity index (χ0v) is 13.2. The molecule has 1 atom stereocenters. The predicted molar refractivity (Wildman–Crippen MR) is 83.1 cm³/mol. The van der Waals surface area contributed by atoms with Gasteiger partial charge in [0.05, 0.1) is 0 Å². The third kappa shape index (κ3) is 3.07. The fraction of sp³-hybridized carbons (Fsp3) is 0.357. The van der Waals surface area contributed by atoms with Crippen LogP contribution in [0.15, 0.2) is 35.2 Å². The van der Waals surface area contributed by atoms with Crippen LogP contribution in [0.5, 0.6) is 0 Å². The minimum Gasteiger partial charge on any atom is -0.338 e. The quantitative estimate of drug-likeness (QED) is 0.906. The van der Waals surface area contributed by atoms with E-state index in [0.29, 0.717) is 18.3 Å². The Balaban J connectivity index is 1.63. The Morgan fingerprint density at radius 2 is 2.29 bits per heavy atom. The highest BCUT2D eigenvalue weighted by Gasteiger charge is 2.29. The standard InChI is InChI=1S/C14H16BrN5O/c1-19-7-5-17-13(19)10-3-6-20(9-10)14(21)18-12-8-11(15)2-4-16-12/h2,4-5,7-8,10H,3,6,9H2,1H3,(H,16,18,21). The van der Waals surface area contributed by atoms with Crippen LogP contribution in [-0.2, 0) is 7.05 Å². The summed E-state index contributed by atoms with van der Waals surface area (Å²) in [5, 5.41) is 2.82. The number of hydrogen-bond donors (Lipinski definition) is 1. The highest BCUT2D eigenvalue weighted by molar-refractivity contribution is 9.10. The van der Waals surface area contributed by atoms with Crippen molar-refractivity contribution in [3.8, 4) is 0 Å². The van der Waals surface area contributed by atoms with Gasteiger partial charge in [-0.25, -0.2) is 14.8 Å². The molecule has 2 aromatic rings. The zero-order chi connectivity index (χ0) is 14.8. The SMILES string of the molecule is Cn1ccnc1C1CCN(C(=O)Nc2cc(Br)ccn2)C1. The second-order valence-corrected chi connectivity index (χ2v) is 6.03. The molecule has 110 valence electrons. The van der Waals surface area contributed by atoms with Crippen LogP contribution in [-0.4, -0.2) is 38.6 Å². The predicted octanol–water partition coefficient (Wildman–Crippen LogP) is 2.60. The molecule has 0 aliphatic carbocycles. The van der Waals surface area contributed by atoms with Gasteiger partial charge in [-0.05, 0) is 18.6 Å². The number of anilines is 1. The van der Waals surface area contributed by atoms with Crippen LogP contribution in [0.2, 0.25) is 0 Å². The fourth-order valence-corrected chi connectivity index (χ4v) is 2.92. The first kappa shape index (κ1) is 14.1. The lowest BCUT2D eigenvalue weighted by molar-refractivity contribution is 0.221. The molecule has 3 heterocycles.